The van der Waals surface area contributed by atoms with Crippen molar-refractivity contribution in [3.8, 4) is 11.5 Å². The summed E-state index contributed by atoms with van der Waals surface area (Å²) in [5.41, 5.74) is -0.0651. The van der Waals surface area contributed by atoms with Crippen molar-refractivity contribution in [3.05, 3.63) is 53.6 Å². The highest BCUT2D eigenvalue weighted by molar-refractivity contribution is 5.95. The summed E-state index contributed by atoms with van der Waals surface area (Å²) in [6.45, 7) is 1.32. The molecule has 0 atom stereocenters. The molecule has 0 spiro atoms. The van der Waals surface area contributed by atoms with Crippen molar-refractivity contribution in [1.82, 2.24) is 4.90 Å². The van der Waals surface area contributed by atoms with Crippen LogP contribution in [0.2, 0.25) is 0 Å². The van der Waals surface area contributed by atoms with Crippen LogP contribution in [0.1, 0.15) is 15.9 Å². The molecule has 1 heterocycles. The Bertz CT molecular complexity index is 847. The van der Waals surface area contributed by atoms with E-state index < -0.39 is 11.7 Å². The number of anilines is 1. The van der Waals surface area contributed by atoms with Gasteiger partial charge in [-0.15, -0.1) is 0 Å². The number of hydrogen-bond acceptors (Lipinski definition) is 4. The van der Waals surface area contributed by atoms with Crippen LogP contribution >= 0.6 is 0 Å². The van der Waals surface area contributed by atoms with Gasteiger partial charge in [0.2, 0.25) is 0 Å². The minimum absolute atomic E-state index is 0.146. The van der Waals surface area contributed by atoms with Crippen LogP contribution in [-0.4, -0.2) is 51.2 Å². The normalized spacial score (nSPS) is 14.8. The van der Waals surface area contributed by atoms with Gasteiger partial charge >= 0.3 is 6.18 Å². The molecule has 0 unspecified atom stereocenters. The van der Waals surface area contributed by atoms with Crippen LogP contribution in [0.25, 0.3) is 0 Å². The highest BCUT2D eigenvalue weighted by Crippen LogP contribution is 2.36. The molecule has 28 heavy (non-hydrogen) atoms. The first-order chi connectivity index (χ1) is 13.3. The smallest absolute Gasteiger partial charge is 0.418 e. The first kappa shape index (κ1) is 19.9. The maximum absolute atomic E-state index is 13.2. The number of benzene rings is 2. The molecule has 1 fully saturated rings. The van der Waals surface area contributed by atoms with Crippen LogP contribution in [-0.2, 0) is 6.18 Å². The summed E-state index contributed by atoms with van der Waals surface area (Å²) in [7, 11) is 3.00. The van der Waals surface area contributed by atoms with Crippen molar-refractivity contribution in [2.75, 3.05) is 45.3 Å². The van der Waals surface area contributed by atoms with E-state index in [0.29, 0.717) is 43.2 Å². The number of nitrogens with zero attached hydrogens (tertiary/aromatic N) is 2. The molecule has 1 aliphatic heterocycles. The molecule has 0 aliphatic carbocycles. The van der Waals surface area contributed by atoms with Crippen LogP contribution in [0.15, 0.2) is 42.5 Å². The van der Waals surface area contributed by atoms with Crippen molar-refractivity contribution in [1.29, 1.82) is 0 Å². The molecule has 3 rings (SSSR count). The third kappa shape index (κ3) is 4.00. The first-order valence-electron chi connectivity index (χ1n) is 8.77. The quantitative estimate of drug-likeness (QED) is 0.793. The van der Waals surface area contributed by atoms with Gasteiger partial charge in [0.25, 0.3) is 5.91 Å². The number of ether oxygens (including phenoxy) is 2. The van der Waals surface area contributed by atoms with Gasteiger partial charge < -0.3 is 19.3 Å². The lowest BCUT2D eigenvalue weighted by Crippen LogP contribution is -2.49. The van der Waals surface area contributed by atoms with Gasteiger partial charge in [-0.1, -0.05) is 12.1 Å². The molecule has 2 aromatic rings. The third-order valence-corrected chi connectivity index (χ3v) is 4.75. The number of halogens is 3. The molecule has 0 aromatic heterocycles. The zero-order chi connectivity index (χ0) is 20.3. The van der Waals surface area contributed by atoms with Crippen molar-refractivity contribution >= 4 is 11.6 Å². The number of carbonyl (C=O) groups is 1. The molecule has 0 N–H and O–H groups in total. The molecular formula is C20H21F3N2O3. The number of alkyl halides is 3. The van der Waals surface area contributed by atoms with E-state index in [2.05, 4.69) is 0 Å². The molecule has 0 radical (unpaired) electrons. The van der Waals surface area contributed by atoms with Gasteiger partial charge in [-0.2, -0.15) is 13.2 Å². The predicted molar refractivity (Wildman–Crippen MR) is 99.1 cm³/mol. The molecule has 2 aromatic carbocycles. The zero-order valence-electron chi connectivity index (χ0n) is 15.6. The minimum Gasteiger partial charge on any atom is -0.493 e. The van der Waals surface area contributed by atoms with Crippen molar-refractivity contribution < 1.29 is 27.4 Å². The fourth-order valence-electron chi connectivity index (χ4n) is 3.29. The van der Waals surface area contributed by atoms with E-state index >= 15 is 0 Å². The Hall–Kier alpha value is -2.90. The molecule has 0 saturated carbocycles. The maximum Gasteiger partial charge on any atom is 0.418 e. The topological polar surface area (TPSA) is 42.0 Å². The Kier molecular flexibility index (Phi) is 5.67. The van der Waals surface area contributed by atoms with E-state index in [4.69, 9.17) is 9.47 Å². The van der Waals surface area contributed by atoms with Gasteiger partial charge in [0, 0.05) is 37.4 Å². The van der Waals surface area contributed by atoms with E-state index in [1.54, 1.807) is 34.1 Å². The monoisotopic (exact) mass is 394 g/mol. The average Bonchev–Trinajstić information content (AvgIpc) is 2.72. The summed E-state index contributed by atoms with van der Waals surface area (Å²) >= 11 is 0. The number of amides is 1. The van der Waals surface area contributed by atoms with Crippen molar-refractivity contribution in [3.63, 3.8) is 0 Å². The zero-order valence-corrected chi connectivity index (χ0v) is 15.6. The minimum atomic E-state index is -4.41. The SMILES string of the molecule is COc1ccc(C(=O)N2CCN(c3ccccc3C(F)(F)F)CC2)cc1OC. The van der Waals surface area contributed by atoms with Gasteiger partial charge in [-0.05, 0) is 30.3 Å². The maximum atomic E-state index is 13.2. The van der Waals surface area contributed by atoms with E-state index in [1.165, 1.54) is 26.4 Å². The second-order valence-corrected chi connectivity index (χ2v) is 6.36. The van der Waals surface area contributed by atoms with Crippen LogP contribution in [0, 0.1) is 0 Å². The first-order valence-corrected chi connectivity index (χ1v) is 8.77. The number of piperazine rings is 1. The Balaban J connectivity index is 1.72. The summed E-state index contributed by atoms with van der Waals surface area (Å²) in [6, 6.07) is 10.4. The van der Waals surface area contributed by atoms with Crippen LogP contribution in [0.3, 0.4) is 0 Å². The largest absolute Gasteiger partial charge is 0.493 e. The van der Waals surface area contributed by atoms with E-state index in [9.17, 15) is 18.0 Å². The van der Waals surface area contributed by atoms with Gasteiger partial charge in [0.05, 0.1) is 19.8 Å². The predicted octanol–water partition coefficient (Wildman–Crippen LogP) is 3.69. The molecule has 8 heteroatoms. The Morgan fingerprint density at radius 2 is 1.57 bits per heavy atom. The average molecular weight is 394 g/mol. The second kappa shape index (κ2) is 8.00. The summed E-state index contributed by atoms with van der Waals surface area (Å²) in [5, 5.41) is 0. The highest BCUT2D eigenvalue weighted by Gasteiger charge is 2.35. The molecule has 1 amide bonds. The number of hydrogen-bond donors (Lipinski definition) is 0. The lowest BCUT2D eigenvalue weighted by atomic mass is 10.1. The Morgan fingerprint density at radius 3 is 2.18 bits per heavy atom. The molecule has 0 bridgehead atoms. The molecule has 150 valence electrons. The third-order valence-electron chi connectivity index (χ3n) is 4.75. The summed E-state index contributed by atoms with van der Waals surface area (Å²) in [4.78, 5) is 16.1. The lowest BCUT2D eigenvalue weighted by molar-refractivity contribution is -0.137. The molecule has 1 saturated heterocycles. The number of carbonyl (C=O) groups excluding carboxylic acids is 1. The van der Waals surface area contributed by atoms with Crippen LogP contribution in [0.4, 0.5) is 18.9 Å². The number of para-hydroxylation sites is 1. The number of rotatable bonds is 4. The van der Waals surface area contributed by atoms with Gasteiger partial charge in [-0.3, -0.25) is 4.79 Å². The van der Waals surface area contributed by atoms with Crippen LogP contribution in [0.5, 0.6) is 11.5 Å². The highest BCUT2D eigenvalue weighted by atomic mass is 19.4. The van der Waals surface area contributed by atoms with E-state index in [-0.39, 0.29) is 11.6 Å². The lowest BCUT2D eigenvalue weighted by Gasteiger charge is -2.37. The standard InChI is InChI=1S/C20H21F3N2O3/c1-27-17-8-7-14(13-18(17)28-2)19(26)25-11-9-24(10-12-25)16-6-4-3-5-15(16)20(21,22)23/h3-8,13H,9-12H2,1-2H3. The van der Waals surface area contributed by atoms with Gasteiger partial charge in [0.1, 0.15) is 0 Å². The van der Waals surface area contributed by atoms with E-state index in [1.807, 2.05) is 0 Å². The Labute approximate surface area is 161 Å². The fourth-order valence-corrected chi connectivity index (χ4v) is 3.29. The summed E-state index contributed by atoms with van der Waals surface area (Å²) < 4.78 is 50.1. The van der Waals surface area contributed by atoms with Gasteiger partial charge in [-0.25, -0.2) is 0 Å². The molecule has 1 aliphatic rings. The van der Waals surface area contributed by atoms with Gasteiger partial charge in [0.15, 0.2) is 11.5 Å². The molecule has 5 nitrogen and oxygen atoms in total. The summed E-state index contributed by atoms with van der Waals surface area (Å²) in [6.07, 6.45) is -4.41. The summed E-state index contributed by atoms with van der Waals surface area (Å²) in [5.74, 6) is 0.781. The molecular weight excluding hydrogens is 373 g/mol. The van der Waals surface area contributed by atoms with Crippen molar-refractivity contribution in [2.45, 2.75) is 6.18 Å². The second-order valence-electron chi connectivity index (χ2n) is 6.36. The van der Waals surface area contributed by atoms with Crippen LogP contribution < -0.4 is 14.4 Å². The number of methoxy groups -OCH3 is 2. The fraction of sp³-hybridized carbons (Fsp3) is 0.350. The Morgan fingerprint density at radius 1 is 0.929 bits per heavy atom. The van der Waals surface area contributed by atoms with Crippen molar-refractivity contribution in [2.24, 2.45) is 0 Å². The van der Waals surface area contributed by atoms with E-state index in [0.717, 1.165) is 6.07 Å².